The number of rotatable bonds is 13. The zero-order valence-corrected chi connectivity index (χ0v) is 21.2. The molecule has 1 aromatic heterocycles. The van der Waals surface area contributed by atoms with Crippen LogP contribution in [0.2, 0.25) is 0 Å². The highest BCUT2D eigenvalue weighted by atomic mass is 16.1. The number of carbonyl (C=O) groups excluding carboxylic acids is 1. The van der Waals surface area contributed by atoms with Crippen molar-refractivity contribution in [1.82, 2.24) is 15.1 Å². The van der Waals surface area contributed by atoms with Gasteiger partial charge in [0.15, 0.2) is 0 Å². The molecule has 1 unspecified atom stereocenters. The van der Waals surface area contributed by atoms with Crippen LogP contribution in [0.25, 0.3) is 11.3 Å². The number of para-hydroxylation sites is 1. The number of allylic oxidation sites excluding steroid dienone is 1. The minimum atomic E-state index is 0.430. The third-order valence-electron chi connectivity index (χ3n) is 6.76. The zero-order valence-electron chi connectivity index (χ0n) is 21.2. The third kappa shape index (κ3) is 6.25. The summed E-state index contributed by atoms with van der Waals surface area (Å²) in [6, 6.07) is 17.2. The van der Waals surface area contributed by atoms with Crippen molar-refractivity contribution in [3.05, 3.63) is 88.8 Å². The second kappa shape index (κ2) is 12.4. The fourth-order valence-corrected chi connectivity index (χ4v) is 5.03. The van der Waals surface area contributed by atoms with E-state index in [0.717, 1.165) is 68.4 Å². The number of unbranched alkanes of at least 4 members (excludes halogenated alkanes) is 1. The topological polar surface area (TPSA) is 46.9 Å². The molecular weight excluding hydrogens is 418 g/mol. The van der Waals surface area contributed by atoms with Crippen molar-refractivity contribution < 1.29 is 4.79 Å². The van der Waals surface area contributed by atoms with E-state index < -0.39 is 0 Å². The summed E-state index contributed by atoms with van der Waals surface area (Å²) < 4.78 is 2.09. The molecule has 0 aliphatic rings. The van der Waals surface area contributed by atoms with Crippen LogP contribution in [-0.2, 0) is 17.6 Å². The maximum atomic E-state index is 10.6. The van der Waals surface area contributed by atoms with E-state index in [9.17, 15) is 4.79 Å². The first-order valence-electron chi connectivity index (χ1n) is 12.5. The summed E-state index contributed by atoms with van der Waals surface area (Å²) >= 11 is 0. The Labute approximate surface area is 205 Å². The first-order valence-corrected chi connectivity index (χ1v) is 12.5. The van der Waals surface area contributed by atoms with E-state index in [1.165, 1.54) is 27.9 Å². The minimum Gasteiger partial charge on any atom is -0.359 e. The predicted molar refractivity (Wildman–Crippen MR) is 143 cm³/mol. The van der Waals surface area contributed by atoms with E-state index in [0.29, 0.717) is 5.92 Å². The van der Waals surface area contributed by atoms with E-state index in [-0.39, 0.29) is 0 Å². The molecule has 0 bridgehead atoms. The van der Waals surface area contributed by atoms with Gasteiger partial charge >= 0.3 is 0 Å². The number of nitrogens with zero attached hydrogens (tertiary/aromatic N) is 2. The maximum absolute atomic E-state index is 10.6. The number of aryl methyl sites for hydroxylation is 3. The highest BCUT2D eigenvalue weighted by Crippen LogP contribution is 2.33. The van der Waals surface area contributed by atoms with Crippen LogP contribution < -0.4 is 5.32 Å². The summed E-state index contributed by atoms with van der Waals surface area (Å²) in [7, 11) is 0. The Bertz CT molecular complexity index is 1100. The molecule has 4 nitrogen and oxygen atoms in total. The van der Waals surface area contributed by atoms with Crippen LogP contribution in [-0.4, -0.2) is 22.7 Å². The fourth-order valence-electron chi connectivity index (χ4n) is 5.03. The summed E-state index contributed by atoms with van der Waals surface area (Å²) in [6.07, 6.45) is 7.09. The Morgan fingerprint density at radius 1 is 1.12 bits per heavy atom. The molecule has 180 valence electrons. The van der Waals surface area contributed by atoms with Gasteiger partial charge in [-0.3, -0.25) is 4.79 Å². The number of hydrogen-bond donors (Lipinski definition) is 1. The molecule has 1 atom stereocenters. The van der Waals surface area contributed by atoms with Crippen molar-refractivity contribution in [3.8, 4) is 5.69 Å². The molecule has 0 saturated heterocycles. The van der Waals surface area contributed by atoms with Gasteiger partial charge in [-0.05, 0) is 93.2 Å². The normalized spacial score (nSPS) is 11.9. The Kier molecular flexibility index (Phi) is 9.26. The lowest BCUT2D eigenvalue weighted by molar-refractivity contribution is -0.109. The van der Waals surface area contributed by atoms with Crippen molar-refractivity contribution in [3.63, 3.8) is 0 Å². The van der Waals surface area contributed by atoms with E-state index in [4.69, 9.17) is 5.10 Å². The SMILES string of the molecule is C=C(C)c1ccc(CCC(CCCCNC=O)c2c(C)nn(-c3ccccc3)c2C)cc1CC. The fraction of sp³-hybridized carbons (Fsp3) is 0.400. The van der Waals surface area contributed by atoms with Gasteiger partial charge in [0.2, 0.25) is 6.41 Å². The first-order chi connectivity index (χ1) is 16.5. The molecule has 0 aliphatic heterocycles. The molecule has 2 aromatic carbocycles. The van der Waals surface area contributed by atoms with E-state index in [2.05, 4.69) is 86.7 Å². The first kappa shape index (κ1) is 25.5. The monoisotopic (exact) mass is 457 g/mol. The number of nitrogens with one attached hydrogen (secondary N) is 1. The minimum absolute atomic E-state index is 0.430. The summed E-state index contributed by atoms with van der Waals surface area (Å²) in [5.74, 6) is 0.430. The van der Waals surface area contributed by atoms with Gasteiger partial charge in [-0.1, -0.05) is 61.9 Å². The molecule has 1 heterocycles. The zero-order chi connectivity index (χ0) is 24.5. The average Bonchev–Trinajstić information content (AvgIpc) is 3.14. The molecular formula is C30H39N3O. The molecule has 0 spiro atoms. The highest BCUT2D eigenvalue weighted by Gasteiger charge is 2.22. The van der Waals surface area contributed by atoms with Gasteiger partial charge < -0.3 is 5.32 Å². The summed E-state index contributed by atoms with van der Waals surface area (Å²) in [5.41, 5.74) is 10.0. The summed E-state index contributed by atoms with van der Waals surface area (Å²) in [6.45, 7) is 13.5. The van der Waals surface area contributed by atoms with Gasteiger partial charge in [0.05, 0.1) is 11.4 Å². The van der Waals surface area contributed by atoms with Crippen LogP contribution in [0.1, 0.15) is 79.1 Å². The van der Waals surface area contributed by atoms with Crippen LogP contribution in [0.4, 0.5) is 0 Å². The van der Waals surface area contributed by atoms with Gasteiger partial charge in [0.1, 0.15) is 0 Å². The third-order valence-corrected chi connectivity index (χ3v) is 6.76. The van der Waals surface area contributed by atoms with Gasteiger partial charge in [-0.15, -0.1) is 0 Å². The van der Waals surface area contributed by atoms with Gasteiger partial charge in [-0.2, -0.15) is 5.10 Å². The van der Waals surface area contributed by atoms with Crippen molar-refractivity contribution in [2.75, 3.05) is 6.54 Å². The van der Waals surface area contributed by atoms with Gasteiger partial charge in [-0.25, -0.2) is 4.68 Å². The average molecular weight is 458 g/mol. The highest BCUT2D eigenvalue weighted by molar-refractivity contribution is 5.65. The molecule has 3 rings (SSSR count). The molecule has 1 amide bonds. The van der Waals surface area contributed by atoms with Gasteiger partial charge in [0.25, 0.3) is 0 Å². The van der Waals surface area contributed by atoms with Crippen molar-refractivity contribution >= 4 is 12.0 Å². The molecule has 3 aromatic rings. The van der Waals surface area contributed by atoms with Crippen molar-refractivity contribution in [2.24, 2.45) is 0 Å². The predicted octanol–water partition coefficient (Wildman–Crippen LogP) is 6.72. The molecule has 0 radical (unpaired) electrons. The van der Waals surface area contributed by atoms with Crippen LogP contribution >= 0.6 is 0 Å². The molecule has 0 fully saturated rings. The number of amides is 1. The smallest absolute Gasteiger partial charge is 0.207 e. The Hall–Kier alpha value is -3.14. The Morgan fingerprint density at radius 2 is 1.88 bits per heavy atom. The maximum Gasteiger partial charge on any atom is 0.207 e. The number of benzene rings is 2. The van der Waals surface area contributed by atoms with E-state index in [1.807, 2.05) is 6.07 Å². The lowest BCUT2D eigenvalue weighted by atomic mass is 9.86. The van der Waals surface area contributed by atoms with Crippen LogP contribution in [0.15, 0.2) is 55.1 Å². The lowest BCUT2D eigenvalue weighted by Gasteiger charge is -2.19. The standard InChI is InChI=1S/C30H39N3O/c1-6-26-20-25(16-18-29(26)22(2)3)15-17-27(12-10-11-19-31-21-34)30-23(4)32-33(24(30)5)28-13-8-7-9-14-28/h7-9,13-14,16,18,20-21,27H,2,6,10-12,15,17,19H2,1,3-5H3,(H,31,34). The summed E-state index contributed by atoms with van der Waals surface area (Å²) in [4.78, 5) is 10.6. The lowest BCUT2D eigenvalue weighted by Crippen LogP contribution is -2.12. The molecule has 1 N–H and O–H groups in total. The molecule has 4 heteroatoms. The van der Waals surface area contributed by atoms with Crippen molar-refractivity contribution in [1.29, 1.82) is 0 Å². The quantitative estimate of drug-likeness (QED) is 0.229. The van der Waals surface area contributed by atoms with Gasteiger partial charge in [0, 0.05) is 12.2 Å². The van der Waals surface area contributed by atoms with Crippen LogP contribution in [0.3, 0.4) is 0 Å². The molecule has 0 aliphatic carbocycles. The number of aromatic nitrogens is 2. The largest absolute Gasteiger partial charge is 0.359 e. The van der Waals surface area contributed by atoms with E-state index in [1.54, 1.807) is 0 Å². The number of carbonyl (C=O) groups is 1. The van der Waals surface area contributed by atoms with Crippen LogP contribution in [0.5, 0.6) is 0 Å². The number of hydrogen-bond acceptors (Lipinski definition) is 2. The van der Waals surface area contributed by atoms with Crippen LogP contribution in [0, 0.1) is 13.8 Å². The molecule has 34 heavy (non-hydrogen) atoms. The second-order valence-corrected chi connectivity index (χ2v) is 9.26. The summed E-state index contributed by atoms with van der Waals surface area (Å²) in [5, 5.41) is 7.71. The second-order valence-electron chi connectivity index (χ2n) is 9.26. The van der Waals surface area contributed by atoms with Crippen molar-refractivity contribution in [2.45, 2.75) is 72.1 Å². The van der Waals surface area contributed by atoms with E-state index >= 15 is 0 Å². The Morgan fingerprint density at radius 3 is 2.56 bits per heavy atom. The molecule has 0 saturated carbocycles. The Balaban J connectivity index is 1.84.